The summed E-state index contributed by atoms with van der Waals surface area (Å²) >= 11 is 3.68. The first-order valence-electron chi connectivity index (χ1n) is 6.12. The van der Waals surface area contributed by atoms with Crippen LogP contribution in [0.4, 0.5) is 0 Å². The van der Waals surface area contributed by atoms with Crippen LogP contribution in [0, 0.1) is 0 Å². The molecule has 1 aliphatic carbocycles. The minimum Gasteiger partial charge on any atom is -0.318 e. The molecule has 19 heavy (non-hydrogen) atoms. The van der Waals surface area contributed by atoms with Crippen LogP contribution in [0.1, 0.15) is 24.5 Å². The van der Waals surface area contributed by atoms with Gasteiger partial charge in [-0.05, 0) is 51.2 Å². The van der Waals surface area contributed by atoms with Crippen LogP contribution in [0.2, 0.25) is 0 Å². The molecular formula is C15H12BrNO2. The molecule has 0 N–H and O–H groups in total. The highest BCUT2D eigenvalue weighted by Gasteiger charge is 2.22. The number of hydrogen-bond acceptors (Lipinski definition) is 3. The van der Waals surface area contributed by atoms with E-state index in [0.717, 1.165) is 34.0 Å². The molecule has 4 heteroatoms. The summed E-state index contributed by atoms with van der Waals surface area (Å²) in [7, 11) is 0. The van der Waals surface area contributed by atoms with E-state index in [4.69, 9.17) is 4.84 Å². The van der Waals surface area contributed by atoms with E-state index in [0.29, 0.717) is 0 Å². The maximum atomic E-state index is 10.9. The Kier molecular flexibility index (Phi) is 3.11. The normalized spacial score (nSPS) is 15.8. The van der Waals surface area contributed by atoms with Crippen molar-refractivity contribution < 1.29 is 9.63 Å². The molecule has 0 aliphatic heterocycles. The molecule has 0 fully saturated rings. The summed E-state index contributed by atoms with van der Waals surface area (Å²) in [4.78, 5) is 15.6. The average molecular weight is 318 g/mol. The van der Waals surface area contributed by atoms with E-state index < -0.39 is 0 Å². The zero-order valence-corrected chi connectivity index (χ0v) is 12.0. The zero-order chi connectivity index (χ0) is 13.4. The van der Waals surface area contributed by atoms with Crippen molar-refractivity contribution in [1.82, 2.24) is 0 Å². The van der Waals surface area contributed by atoms with Crippen LogP contribution >= 0.6 is 15.9 Å². The van der Waals surface area contributed by atoms with Gasteiger partial charge in [-0.2, -0.15) is 0 Å². The Morgan fingerprint density at radius 2 is 2.11 bits per heavy atom. The van der Waals surface area contributed by atoms with Crippen molar-refractivity contribution in [2.75, 3.05) is 0 Å². The maximum absolute atomic E-state index is 10.9. The van der Waals surface area contributed by atoms with Gasteiger partial charge in [0, 0.05) is 17.0 Å². The van der Waals surface area contributed by atoms with Gasteiger partial charge in [0.2, 0.25) is 0 Å². The largest absolute Gasteiger partial charge is 0.331 e. The van der Waals surface area contributed by atoms with Gasteiger partial charge in [0.15, 0.2) is 0 Å². The highest BCUT2D eigenvalue weighted by molar-refractivity contribution is 9.10. The predicted molar refractivity (Wildman–Crippen MR) is 78.3 cm³/mol. The fraction of sp³-hybridized carbons (Fsp3) is 0.200. The molecule has 0 aromatic heterocycles. The first-order chi connectivity index (χ1) is 9.16. The van der Waals surface area contributed by atoms with Crippen LogP contribution in [-0.4, -0.2) is 11.7 Å². The number of nitrogens with zero attached hydrogens (tertiary/aromatic N) is 1. The Hall–Kier alpha value is -1.68. The molecule has 0 amide bonds. The number of benzene rings is 2. The first-order valence-corrected chi connectivity index (χ1v) is 6.91. The highest BCUT2D eigenvalue weighted by Crippen LogP contribution is 2.36. The molecule has 0 bridgehead atoms. The number of halogens is 1. The van der Waals surface area contributed by atoms with Crippen molar-refractivity contribution in [1.29, 1.82) is 0 Å². The fourth-order valence-electron chi connectivity index (χ4n) is 2.44. The van der Waals surface area contributed by atoms with Crippen LogP contribution in [0.5, 0.6) is 0 Å². The molecule has 1 aliphatic rings. The van der Waals surface area contributed by atoms with E-state index in [1.807, 2.05) is 12.1 Å². The van der Waals surface area contributed by atoms with Gasteiger partial charge in [-0.15, -0.1) is 0 Å². The van der Waals surface area contributed by atoms with Gasteiger partial charge in [0.05, 0.1) is 5.71 Å². The SMILES string of the molecule is CC(=O)ON=C1CCc2c1cc1ccccc1c2Br. The second kappa shape index (κ2) is 4.78. The van der Waals surface area contributed by atoms with Crippen LogP contribution in [0.15, 0.2) is 40.0 Å². The van der Waals surface area contributed by atoms with Gasteiger partial charge in [-0.1, -0.05) is 29.4 Å². The third-order valence-electron chi connectivity index (χ3n) is 3.29. The second-order valence-corrected chi connectivity index (χ2v) is 5.35. The molecule has 0 unspecified atom stereocenters. The maximum Gasteiger partial charge on any atom is 0.331 e. The number of carbonyl (C=O) groups excluding carboxylic acids is 1. The summed E-state index contributed by atoms with van der Waals surface area (Å²) in [6, 6.07) is 10.3. The van der Waals surface area contributed by atoms with Crippen molar-refractivity contribution >= 4 is 38.4 Å². The summed E-state index contributed by atoms with van der Waals surface area (Å²) in [5, 5.41) is 6.32. The third kappa shape index (κ3) is 2.16. The molecule has 96 valence electrons. The summed E-state index contributed by atoms with van der Waals surface area (Å²) in [6.45, 7) is 1.36. The molecule has 2 aromatic carbocycles. The minimum absolute atomic E-state index is 0.388. The lowest BCUT2D eigenvalue weighted by Crippen LogP contribution is -1.99. The van der Waals surface area contributed by atoms with E-state index in [9.17, 15) is 4.79 Å². The Morgan fingerprint density at radius 3 is 2.89 bits per heavy atom. The van der Waals surface area contributed by atoms with Gasteiger partial charge in [-0.25, -0.2) is 4.79 Å². The lowest BCUT2D eigenvalue weighted by Gasteiger charge is -2.07. The Morgan fingerprint density at radius 1 is 1.32 bits per heavy atom. The monoisotopic (exact) mass is 317 g/mol. The number of oxime groups is 1. The average Bonchev–Trinajstić information content (AvgIpc) is 2.80. The lowest BCUT2D eigenvalue weighted by atomic mass is 10.0. The van der Waals surface area contributed by atoms with E-state index in [-0.39, 0.29) is 5.97 Å². The van der Waals surface area contributed by atoms with Crippen molar-refractivity contribution in [2.45, 2.75) is 19.8 Å². The topological polar surface area (TPSA) is 38.7 Å². The van der Waals surface area contributed by atoms with Crippen molar-refractivity contribution in [3.05, 3.63) is 45.9 Å². The van der Waals surface area contributed by atoms with Crippen LogP contribution in [-0.2, 0) is 16.1 Å². The summed E-state index contributed by atoms with van der Waals surface area (Å²) in [6.07, 6.45) is 1.72. The Labute approximate surface area is 119 Å². The number of rotatable bonds is 1. The first kappa shape index (κ1) is 12.4. The van der Waals surface area contributed by atoms with Crippen molar-refractivity contribution in [3.63, 3.8) is 0 Å². The zero-order valence-electron chi connectivity index (χ0n) is 10.4. The fourth-order valence-corrected chi connectivity index (χ4v) is 3.21. The van der Waals surface area contributed by atoms with Gasteiger partial charge < -0.3 is 4.84 Å². The van der Waals surface area contributed by atoms with Gasteiger partial charge in [0.1, 0.15) is 0 Å². The molecule has 0 atom stereocenters. The number of hydrogen-bond donors (Lipinski definition) is 0. The second-order valence-electron chi connectivity index (χ2n) is 4.56. The Bertz CT molecular complexity index is 707. The standard InChI is InChI=1S/C15H12BrNO2/c1-9(18)19-17-14-7-6-12-13(14)8-10-4-2-3-5-11(10)15(12)16/h2-5,8H,6-7H2,1H3. The van der Waals surface area contributed by atoms with Gasteiger partial charge in [-0.3, -0.25) is 0 Å². The molecule has 3 rings (SSSR count). The molecule has 0 spiro atoms. The van der Waals surface area contributed by atoms with E-state index >= 15 is 0 Å². The van der Waals surface area contributed by atoms with Crippen LogP contribution in [0.25, 0.3) is 10.8 Å². The molecule has 0 saturated carbocycles. The quantitative estimate of drug-likeness (QED) is 0.592. The minimum atomic E-state index is -0.388. The van der Waals surface area contributed by atoms with E-state index in [2.05, 4.69) is 39.3 Å². The van der Waals surface area contributed by atoms with E-state index in [1.165, 1.54) is 17.9 Å². The van der Waals surface area contributed by atoms with E-state index in [1.54, 1.807) is 0 Å². The molecular weight excluding hydrogens is 306 g/mol. The highest BCUT2D eigenvalue weighted by atomic mass is 79.9. The summed E-state index contributed by atoms with van der Waals surface area (Å²) in [5.74, 6) is -0.388. The van der Waals surface area contributed by atoms with Crippen molar-refractivity contribution in [2.24, 2.45) is 5.16 Å². The molecule has 2 aromatic rings. The lowest BCUT2D eigenvalue weighted by molar-refractivity contribution is -0.140. The van der Waals surface area contributed by atoms with Crippen LogP contribution < -0.4 is 0 Å². The smallest absolute Gasteiger partial charge is 0.318 e. The molecule has 0 radical (unpaired) electrons. The number of fused-ring (bicyclic) bond motifs is 2. The van der Waals surface area contributed by atoms with Crippen LogP contribution in [0.3, 0.4) is 0 Å². The van der Waals surface area contributed by atoms with Gasteiger partial charge >= 0.3 is 5.97 Å². The Balaban J connectivity index is 2.16. The molecule has 3 nitrogen and oxygen atoms in total. The third-order valence-corrected chi connectivity index (χ3v) is 4.20. The molecule has 0 saturated heterocycles. The molecule has 0 heterocycles. The van der Waals surface area contributed by atoms with Crippen molar-refractivity contribution in [3.8, 4) is 0 Å². The van der Waals surface area contributed by atoms with Gasteiger partial charge in [0.25, 0.3) is 0 Å². The summed E-state index contributed by atoms with van der Waals surface area (Å²) < 4.78 is 1.12. The predicted octanol–water partition coefficient (Wildman–Crippen LogP) is 3.82. The summed E-state index contributed by atoms with van der Waals surface area (Å²) in [5.41, 5.74) is 3.16. The number of carbonyl (C=O) groups is 1.